The molecule has 32 heavy (non-hydrogen) atoms. The molecular weight excluding hydrogens is 438 g/mol. The van der Waals surface area contributed by atoms with Crippen molar-refractivity contribution < 1.29 is 9.53 Å². The molecule has 0 aliphatic carbocycles. The number of likely N-dealkylation sites (N-methyl/N-ethyl adjacent to an activating group) is 1. The lowest BCUT2D eigenvalue weighted by atomic mass is 10.0. The van der Waals surface area contributed by atoms with Gasteiger partial charge in [0.25, 0.3) is 5.91 Å². The van der Waals surface area contributed by atoms with E-state index in [1.165, 1.54) is 16.7 Å². The number of carbonyl (C=O) groups excluding carboxylic acids is 1. The first kappa shape index (κ1) is 22.3. The fourth-order valence-electron chi connectivity index (χ4n) is 3.43. The maximum atomic E-state index is 12.6. The molecule has 164 valence electrons. The minimum atomic E-state index is -0.0881. The van der Waals surface area contributed by atoms with Gasteiger partial charge in [0.05, 0.1) is 17.2 Å². The number of aromatic nitrogens is 2. The van der Waals surface area contributed by atoms with Crippen molar-refractivity contribution in [2.24, 2.45) is 0 Å². The third-order valence-corrected chi connectivity index (χ3v) is 6.74. The Morgan fingerprint density at radius 3 is 2.62 bits per heavy atom. The first-order valence-electron chi connectivity index (χ1n) is 10.6. The van der Waals surface area contributed by atoms with Gasteiger partial charge in [-0.2, -0.15) is 5.10 Å². The molecule has 0 radical (unpaired) electrons. The van der Waals surface area contributed by atoms with Crippen LogP contribution in [0.5, 0.6) is 5.75 Å². The van der Waals surface area contributed by atoms with Crippen molar-refractivity contribution in [1.82, 2.24) is 14.7 Å². The van der Waals surface area contributed by atoms with Crippen molar-refractivity contribution >= 4 is 40.3 Å². The monoisotopic (exact) mass is 463 g/mol. The van der Waals surface area contributed by atoms with Crippen molar-refractivity contribution in [2.75, 3.05) is 13.7 Å². The lowest BCUT2D eigenvalue weighted by molar-refractivity contribution is -0.121. The number of carbonyl (C=O) groups is 1. The molecule has 0 unspecified atom stereocenters. The molecule has 2 heterocycles. The van der Waals surface area contributed by atoms with Crippen LogP contribution in [0, 0.1) is 6.92 Å². The number of amides is 1. The van der Waals surface area contributed by atoms with Crippen molar-refractivity contribution in [3.63, 3.8) is 0 Å². The summed E-state index contributed by atoms with van der Waals surface area (Å²) in [6.07, 6.45) is 5.97. The largest absolute Gasteiger partial charge is 0.494 e. The molecule has 1 fully saturated rings. The van der Waals surface area contributed by atoms with Gasteiger partial charge in [-0.15, -0.1) is 0 Å². The highest BCUT2D eigenvalue weighted by Crippen LogP contribution is 2.35. The van der Waals surface area contributed by atoms with Gasteiger partial charge in [0.1, 0.15) is 15.8 Å². The molecule has 2 aromatic carbocycles. The van der Waals surface area contributed by atoms with Gasteiger partial charge < -0.3 is 4.74 Å². The molecule has 1 aliphatic rings. The predicted octanol–water partition coefficient (Wildman–Crippen LogP) is 5.86. The van der Waals surface area contributed by atoms with E-state index in [4.69, 9.17) is 22.1 Å². The van der Waals surface area contributed by atoms with Crippen LogP contribution < -0.4 is 4.74 Å². The maximum Gasteiger partial charge on any atom is 0.265 e. The normalized spacial score (nSPS) is 15.1. The van der Waals surface area contributed by atoms with Gasteiger partial charge in [-0.05, 0) is 55.3 Å². The van der Waals surface area contributed by atoms with E-state index in [0.717, 1.165) is 46.7 Å². The molecular formula is C25H25N3O2S2. The average Bonchev–Trinajstić information content (AvgIpc) is 3.31. The summed E-state index contributed by atoms with van der Waals surface area (Å²) in [4.78, 5) is 14.7. The SMILES string of the molecule is CCCCOc1ccc(-c2nn(-c3ccccc3)cc2C=C2SC(=S)N(C)C2=O)c(C)c1. The summed E-state index contributed by atoms with van der Waals surface area (Å²) in [5.74, 6) is 0.769. The zero-order valence-electron chi connectivity index (χ0n) is 18.4. The Hall–Kier alpha value is -2.90. The second-order valence-corrected chi connectivity index (χ2v) is 9.31. The highest BCUT2D eigenvalue weighted by molar-refractivity contribution is 8.26. The summed E-state index contributed by atoms with van der Waals surface area (Å²) in [5.41, 5.74) is 4.70. The van der Waals surface area contributed by atoms with E-state index in [1.807, 2.05) is 65.5 Å². The topological polar surface area (TPSA) is 47.4 Å². The molecule has 0 N–H and O–H groups in total. The van der Waals surface area contributed by atoms with E-state index < -0.39 is 0 Å². The molecule has 5 nitrogen and oxygen atoms in total. The smallest absolute Gasteiger partial charge is 0.265 e. The number of nitrogens with zero attached hydrogens (tertiary/aromatic N) is 3. The lowest BCUT2D eigenvalue weighted by Crippen LogP contribution is -2.22. The Labute approximate surface area is 198 Å². The summed E-state index contributed by atoms with van der Waals surface area (Å²) in [6, 6.07) is 16.0. The Bertz CT molecular complexity index is 1190. The van der Waals surface area contributed by atoms with Crippen molar-refractivity contribution in [1.29, 1.82) is 0 Å². The lowest BCUT2D eigenvalue weighted by Gasteiger charge is -2.09. The minimum Gasteiger partial charge on any atom is -0.494 e. The van der Waals surface area contributed by atoms with Crippen molar-refractivity contribution in [2.45, 2.75) is 26.7 Å². The van der Waals surface area contributed by atoms with Gasteiger partial charge >= 0.3 is 0 Å². The van der Waals surface area contributed by atoms with Gasteiger partial charge in [0.15, 0.2) is 0 Å². The molecule has 1 aliphatic heterocycles. The number of unbranched alkanes of at least 4 members (excludes halogenated alkanes) is 1. The number of benzene rings is 2. The van der Waals surface area contributed by atoms with Gasteiger partial charge in [-0.3, -0.25) is 9.69 Å². The van der Waals surface area contributed by atoms with Gasteiger partial charge in [-0.25, -0.2) is 4.68 Å². The fourth-order valence-corrected chi connectivity index (χ4v) is 4.60. The summed E-state index contributed by atoms with van der Waals surface area (Å²) < 4.78 is 8.27. The summed E-state index contributed by atoms with van der Waals surface area (Å²) in [6.45, 7) is 4.91. The van der Waals surface area contributed by atoms with Crippen LogP contribution in [-0.2, 0) is 4.79 Å². The number of aryl methyl sites for hydroxylation is 1. The van der Waals surface area contributed by atoms with Crippen LogP contribution in [0.15, 0.2) is 59.6 Å². The molecule has 1 saturated heterocycles. The number of thiocarbonyl (C=S) groups is 1. The molecule has 1 amide bonds. The number of ether oxygens (including phenoxy) is 1. The van der Waals surface area contributed by atoms with Gasteiger partial charge in [0.2, 0.25) is 0 Å². The first-order valence-corrected chi connectivity index (χ1v) is 11.8. The van der Waals surface area contributed by atoms with E-state index >= 15 is 0 Å². The molecule has 0 atom stereocenters. The number of thioether (sulfide) groups is 1. The quantitative estimate of drug-likeness (QED) is 0.250. The number of hydrogen-bond donors (Lipinski definition) is 0. The Kier molecular flexibility index (Phi) is 6.77. The van der Waals surface area contributed by atoms with Crippen molar-refractivity contribution in [3.8, 4) is 22.7 Å². The first-order chi connectivity index (χ1) is 15.5. The Balaban J connectivity index is 1.76. The molecule has 0 spiro atoms. The van der Waals surface area contributed by atoms with Crippen LogP contribution in [0.3, 0.4) is 0 Å². The highest BCUT2D eigenvalue weighted by atomic mass is 32.2. The van der Waals surface area contributed by atoms with Crippen LogP contribution in [0.1, 0.15) is 30.9 Å². The average molecular weight is 464 g/mol. The highest BCUT2D eigenvalue weighted by Gasteiger charge is 2.29. The zero-order valence-corrected chi connectivity index (χ0v) is 20.0. The van der Waals surface area contributed by atoms with Crippen LogP contribution in [-0.4, -0.2) is 38.6 Å². The third kappa shape index (κ3) is 4.64. The predicted molar refractivity (Wildman–Crippen MR) is 135 cm³/mol. The van der Waals surface area contributed by atoms with E-state index in [2.05, 4.69) is 13.8 Å². The number of rotatable bonds is 7. The number of para-hydroxylation sites is 1. The van der Waals surface area contributed by atoms with E-state index in [0.29, 0.717) is 15.8 Å². The maximum absolute atomic E-state index is 12.6. The molecule has 1 aromatic heterocycles. The summed E-state index contributed by atoms with van der Waals surface area (Å²) in [7, 11) is 1.70. The molecule has 0 saturated carbocycles. The zero-order chi connectivity index (χ0) is 22.7. The number of hydrogen-bond acceptors (Lipinski definition) is 5. The molecule has 7 heteroatoms. The van der Waals surface area contributed by atoms with Crippen molar-refractivity contribution in [3.05, 3.63) is 70.8 Å². The molecule has 0 bridgehead atoms. The standard InChI is InChI=1S/C25H25N3O2S2/c1-4-5-13-30-20-11-12-21(17(2)14-20)23-18(15-22-24(29)27(3)25(31)32-22)16-28(26-23)19-9-7-6-8-10-19/h6-12,14-16H,4-5,13H2,1-3H3. The van der Waals surface area contributed by atoms with Gasteiger partial charge in [-0.1, -0.05) is 55.5 Å². The van der Waals surface area contributed by atoms with Crippen LogP contribution >= 0.6 is 24.0 Å². The third-order valence-electron chi connectivity index (χ3n) is 5.26. The Morgan fingerprint density at radius 2 is 1.97 bits per heavy atom. The van der Waals surface area contributed by atoms with Crippen LogP contribution in [0.25, 0.3) is 23.0 Å². The second-order valence-electron chi connectivity index (χ2n) is 7.63. The fraction of sp³-hybridized carbons (Fsp3) is 0.240. The summed E-state index contributed by atoms with van der Waals surface area (Å²) in [5, 5.41) is 4.89. The molecule has 4 rings (SSSR count). The molecule has 3 aromatic rings. The van der Waals surface area contributed by atoms with E-state index in [9.17, 15) is 4.79 Å². The second kappa shape index (κ2) is 9.71. The van der Waals surface area contributed by atoms with E-state index in [-0.39, 0.29) is 5.91 Å². The summed E-state index contributed by atoms with van der Waals surface area (Å²) >= 11 is 6.61. The van der Waals surface area contributed by atoms with Crippen LogP contribution in [0.2, 0.25) is 0 Å². The van der Waals surface area contributed by atoms with Crippen LogP contribution in [0.4, 0.5) is 0 Å². The van der Waals surface area contributed by atoms with Gasteiger partial charge in [0, 0.05) is 24.4 Å². The minimum absolute atomic E-state index is 0.0881. The van der Waals surface area contributed by atoms with E-state index in [1.54, 1.807) is 7.05 Å². The Morgan fingerprint density at radius 1 is 1.19 bits per heavy atom.